The summed E-state index contributed by atoms with van der Waals surface area (Å²) >= 11 is 2.99. The van der Waals surface area contributed by atoms with Crippen LogP contribution in [0.2, 0.25) is 0 Å². The molecule has 5 nitrogen and oxygen atoms in total. The minimum absolute atomic E-state index is 0.0480. The molecule has 16 heavy (non-hydrogen) atoms. The Bertz CT molecular complexity index is 487. The van der Waals surface area contributed by atoms with Crippen molar-refractivity contribution in [2.45, 2.75) is 4.90 Å². The van der Waals surface area contributed by atoms with Crippen LogP contribution in [-0.2, 0) is 14.8 Å². The molecule has 0 fully saturated rings. The average molecular weight is 307 g/mol. The molecule has 0 bridgehead atoms. The number of rotatable bonds is 4. The van der Waals surface area contributed by atoms with Gasteiger partial charge in [-0.1, -0.05) is 28.1 Å². The molecule has 0 saturated heterocycles. The second kappa shape index (κ2) is 5.42. The van der Waals surface area contributed by atoms with Gasteiger partial charge in [-0.05, 0) is 19.2 Å². The van der Waals surface area contributed by atoms with E-state index >= 15 is 0 Å². The van der Waals surface area contributed by atoms with Gasteiger partial charge < -0.3 is 5.32 Å². The molecule has 0 aliphatic rings. The number of sulfonamides is 1. The highest BCUT2D eigenvalue weighted by Crippen LogP contribution is 2.20. The van der Waals surface area contributed by atoms with Crippen molar-refractivity contribution in [2.24, 2.45) is 0 Å². The smallest absolute Gasteiger partial charge is 0.242 e. The third-order valence-electron chi connectivity index (χ3n) is 1.84. The van der Waals surface area contributed by atoms with Crippen LogP contribution >= 0.6 is 15.9 Å². The first kappa shape index (κ1) is 13.1. The van der Waals surface area contributed by atoms with E-state index in [0.29, 0.717) is 0 Å². The lowest BCUT2D eigenvalue weighted by molar-refractivity contribution is -0.113. The Kier molecular flexibility index (Phi) is 4.45. The standard InChI is InChI=1S/C9H11BrN2O3S/c1-11-16(14,15)8-5-3-2-4-7(8)12-9(13)6-10/h2-5,11H,6H2,1H3,(H,12,13). The Morgan fingerprint density at radius 3 is 2.56 bits per heavy atom. The number of benzene rings is 1. The maximum atomic E-state index is 11.6. The van der Waals surface area contributed by atoms with Gasteiger partial charge in [-0.15, -0.1) is 0 Å². The van der Waals surface area contributed by atoms with Crippen LogP contribution in [0, 0.1) is 0 Å². The number of alkyl halides is 1. The van der Waals surface area contributed by atoms with Crippen LogP contribution in [0.25, 0.3) is 0 Å². The van der Waals surface area contributed by atoms with Gasteiger partial charge in [0.1, 0.15) is 4.90 Å². The molecule has 0 radical (unpaired) electrons. The van der Waals surface area contributed by atoms with Crippen LogP contribution in [0.3, 0.4) is 0 Å². The molecule has 1 amide bonds. The van der Waals surface area contributed by atoms with Crippen molar-refractivity contribution >= 4 is 37.5 Å². The maximum Gasteiger partial charge on any atom is 0.242 e. The molecule has 2 N–H and O–H groups in total. The number of para-hydroxylation sites is 1. The van der Waals surface area contributed by atoms with Crippen molar-refractivity contribution in [1.29, 1.82) is 0 Å². The number of hydrogen-bond acceptors (Lipinski definition) is 3. The van der Waals surface area contributed by atoms with Gasteiger partial charge in [-0.3, -0.25) is 4.79 Å². The fourth-order valence-corrected chi connectivity index (χ4v) is 2.12. The summed E-state index contributed by atoms with van der Waals surface area (Å²) in [6.45, 7) is 0. The van der Waals surface area contributed by atoms with E-state index in [1.165, 1.54) is 19.2 Å². The fraction of sp³-hybridized carbons (Fsp3) is 0.222. The van der Waals surface area contributed by atoms with Crippen LogP contribution in [0.4, 0.5) is 5.69 Å². The minimum atomic E-state index is -3.56. The summed E-state index contributed by atoms with van der Waals surface area (Å²) in [6, 6.07) is 6.20. The van der Waals surface area contributed by atoms with Gasteiger partial charge in [0.25, 0.3) is 0 Å². The van der Waals surface area contributed by atoms with Crippen LogP contribution in [-0.4, -0.2) is 26.7 Å². The van der Waals surface area contributed by atoms with E-state index in [1.54, 1.807) is 12.1 Å². The zero-order valence-corrected chi connectivity index (χ0v) is 10.9. The molecular weight excluding hydrogens is 296 g/mol. The molecule has 0 spiro atoms. The summed E-state index contributed by atoms with van der Waals surface area (Å²) in [5.74, 6) is -0.307. The van der Waals surface area contributed by atoms with Gasteiger partial charge in [0.2, 0.25) is 15.9 Å². The van der Waals surface area contributed by atoms with Crippen molar-refractivity contribution in [3.8, 4) is 0 Å². The van der Waals surface area contributed by atoms with Crippen molar-refractivity contribution in [3.63, 3.8) is 0 Å². The average Bonchev–Trinajstić information content (AvgIpc) is 2.29. The van der Waals surface area contributed by atoms with Crippen molar-refractivity contribution in [3.05, 3.63) is 24.3 Å². The largest absolute Gasteiger partial charge is 0.324 e. The monoisotopic (exact) mass is 306 g/mol. The lowest BCUT2D eigenvalue weighted by atomic mass is 10.3. The Labute approximate surface area is 102 Å². The lowest BCUT2D eigenvalue weighted by Crippen LogP contribution is -2.22. The molecule has 0 aliphatic heterocycles. The predicted molar refractivity (Wildman–Crippen MR) is 65.1 cm³/mol. The van der Waals surface area contributed by atoms with E-state index in [-0.39, 0.29) is 21.8 Å². The first-order chi connectivity index (χ1) is 7.51. The minimum Gasteiger partial charge on any atom is -0.324 e. The third-order valence-corrected chi connectivity index (χ3v) is 3.82. The molecule has 0 aliphatic carbocycles. The Morgan fingerprint density at radius 1 is 1.38 bits per heavy atom. The number of carbonyl (C=O) groups is 1. The Balaban J connectivity index is 3.16. The second-order valence-electron chi connectivity index (χ2n) is 2.89. The summed E-state index contributed by atoms with van der Waals surface area (Å²) in [7, 11) is -2.24. The van der Waals surface area contributed by atoms with E-state index in [2.05, 4.69) is 26.0 Å². The first-order valence-electron chi connectivity index (χ1n) is 4.39. The Morgan fingerprint density at radius 2 is 2.00 bits per heavy atom. The number of hydrogen-bond donors (Lipinski definition) is 2. The number of amides is 1. The molecule has 88 valence electrons. The molecular formula is C9H11BrN2O3S. The van der Waals surface area contributed by atoms with E-state index in [0.717, 1.165) is 0 Å². The summed E-state index contributed by atoms with van der Waals surface area (Å²) in [5.41, 5.74) is 0.265. The van der Waals surface area contributed by atoms with E-state index in [4.69, 9.17) is 0 Å². The first-order valence-corrected chi connectivity index (χ1v) is 7.00. The van der Waals surface area contributed by atoms with Gasteiger partial charge in [-0.25, -0.2) is 13.1 Å². The third kappa shape index (κ3) is 3.03. The number of anilines is 1. The van der Waals surface area contributed by atoms with Crippen LogP contribution in [0.5, 0.6) is 0 Å². The molecule has 0 saturated carbocycles. The highest BCUT2D eigenvalue weighted by molar-refractivity contribution is 9.09. The predicted octanol–water partition coefficient (Wildman–Crippen LogP) is 0.928. The highest BCUT2D eigenvalue weighted by atomic mass is 79.9. The molecule has 1 aromatic rings. The zero-order valence-electron chi connectivity index (χ0n) is 8.53. The van der Waals surface area contributed by atoms with Crippen molar-refractivity contribution < 1.29 is 13.2 Å². The van der Waals surface area contributed by atoms with Gasteiger partial charge in [0.15, 0.2) is 0 Å². The maximum absolute atomic E-state index is 11.6. The topological polar surface area (TPSA) is 75.3 Å². The number of nitrogens with one attached hydrogen (secondary N) is 2. The summed E-state index contributed by atoms with van der Waals surface area (Å²) in [4.78, 5) is 11.2. The summed E-state index contributed by atoms with van der Waals surface area (Å²) in [6.07, 6.45) is 0. The van der Waals surface area contributed by atoms with Crippen LogP contribution in [0.1, 0.15) is 0 Å². The van der Waals surface area contributed by atoms with E-state index < -0.39 is 10.0 Å². The quantitative estimate of drug-likeness (QED) is 0.813. The molecule has 0 heterocycles. The summed E-state index contributed by atoms with van der Waals surface area (Å²) in [5, 5.41) is 2.61. The fourth-order valence-electron chi connectivity index (χ4n) is 1.10. The van der Waals surface area contributed by atoms with Gasteiger partial charge in [0, 0.05) is 0 Å². The van der Waals surface area contributed by atoms with Crippen LogP contribution in [0.15, 0.2) is 29.2 Å². The van der Waals surface area contributed by atoms with Gasteiger partial charge >= 0.3 is 0 Å². The number of carbonyl (C=O) groups excluding carboxylic acids is 1. The van der Waals surface area contributed by atoms with Crippen molar-refractivity contribution in [2.75, 3.05) is 17.7 Å². The van der Waals surface area contributed by atoms with E-state index in [9.17, 15) is 13.2 Å². The molecule has 7 heteroatoms. The second-order valence-corrected chi connectivity index (χ2v) is 5.30. The highest BCUT2D eigenvalue weighted by Gasteiger charge is 2.16. The van der Waals surface area contributed by atoms with Gasteiger partial charge in [-0.2, -0.15) is 0 Å². The van der Waals surface area contributed by atoms with Crippen LogP contribution < -0.4 is 10.0 Å². The molecule has 1 aromatic carbocycles. The zero-order chi connectivity index (χ0) is 12.2. The molecule has 0 atom stereocenters. The molecule has 0 unspecified atom stereocenters. The van der Waals surface area contributed by atoms with Gasteiger partial charge in [0.05, 0.1) is 11.0 Å². The molecule has 0 aromatic heterocycles. The van der Waals surface area contributed by atoms with E-state index in [1.807, 2.05) is 0 Å². The SMILES string of the molecule is CNS(=O)(=O)c1ccccc1NC(=O)CBr. The van der Waals surface area contributed by atoms with Crippen molar-refractivity contribution in [1.82, 2.24) is 4.72 Å². The molecule has 1 rings (SSSR count). The number of halogens is 1. The lowest BCUT2D eigenvalue weighted by Gasteiger charge is -2.09. The Hall–Kier alpha value is -0.920. The normalized spacial score (nSPS) is 11.1. The summed E-state index contributed by atoms with van der Waals surface area (Å²) < 4.78 is 25.4.